The first-order chi connectivity index (χ1) is 17.6. The number of fused-ring (bicyclic) bond motifs is 3. The molecule has 0 spiro atoms. The topological polar surface area (TPSA) is 109 Å². The van der Waals surface area contributed by atoms with Crippen molar-refractivity contribution in [1.82, 2.24) is 14.1 Å². The quantitative estimate of drug-likeness (QED) is 0.537. The molecule has 0 radical (unpaired) electrons. The summed E-state index contributed by atoms with van der Waals surface area (Å²) in [5.74, 6) is 0.0425. The molecule has 0 bridgehead atoms. The van der Waals surface area contributed by atoms with Gasteiger partial charge in [0.1, 0.15) is 17.2 Å². The van der Waals surface area contributed by atoms with Gasteiger partial charge in [0.15, 0.2) is 0 Å². The summed E-state index contributed by atoms with van der Waals surface area (Å²) in [6.07, 6.45) is 6.15. The first-order valence-electron chi connectivity index (χ1n) is 12.8. The number of nitrogens with one attached hydrogen (secondary N) is 1. The fraction of sp³-hybridized carbons (Fsp3) is 0.429. The Morgan fingerprint density at radius 2 is 1.97 bits per heavy atom. The van der Waals surface area contributed by atoms with E-state index >= 15 is 0 Å². The summed E-state index contributed by atoms with van der Waals surface area (Å²) in [7, 11) is 1.62. The Bertz CT molecular complexity index is 1470. The molecule has 0 saturated carbocycles. The average Bonchev–Trinajstić information content (AvgIpc) is 3.34. The van der Waals surface area contributed by atoms with Crippen molar-refractivity contribution < 1.29 is 14.7 Å². The van der Waals surface area contributed by atoms with Gasteiger partial charge in [-0.05, 0) is 54.0 Å². The van der Waals surface area contributed by atoms with Crippen LogP contribution in [-0.2, 0) is 37.8 Å². The summed E-state index contributed by atoms with van der Waals surface area (Å²) in [5.41, 5.74) is 4.98. The maximum Gasteiger partial charge on any atom is 0.276 e. The minimum Gasteiger partial charge on any atom is -0.392 e. The number of aliphatic hydroxyl groups is 1. The van der Waals surface area contributed by atoms with Crippen molar-refractivity contribution in [1.29, 1.82) is 0 Å². The predicted molar refractivity (Wildman–Crippen MR) is 142 cm³/mol. The van der Waals surface area contributed by atoms with Crippen LogP contribution in [0.3, 0.4) is 0 Å². The number of carbonyl (C=O) groups excluding carboxylic acids is 2. The van der Waals surface area contributed by atoms with E-state index in [0.29, 0.717) is 54.1 Å². The maximum atomic E-state index is 13.6. The van der Waals surface area contributed by atoms with Crippen LogP contribution >= 0.6 is 0 Å². The number of anilines is 2. The van der Waals surface area contributed by atoms with Gasteiger partial charge in [-0.25, -0.2) is 4.98 Å². The number of pyridine rings is 2. The van der Waals surface area contributed by atoms with E-state index in [1.807, 2.05) is 13.0 Å². The Kier molecular flexibility index (Phi) is 6.27. The third-order valence-corrected chi connectivity index (χ3v) is 7.32. The lowest BCUT2D eigenvalue weighted by Gasteiger charge is -2.31. The Morgan fingerprint density at radius 1 is 1.19 bits per heavy atom. The van der Waals surface area contributed by atoms with Crippen LogP contribution in [0, 0.1) is 5.41 Å². The Hall–Kier alpha value is -3.72. The first kappa shape index (κ1) is 25.0. The zero-order valence-electron chi connectivity index (χ0n) is 21.8. The molecule has 0 unspecified atom stereocenters. The molecule has 37 heavy (non-hydrogen) atoms. The summed E-state index contributed by atoms with van der Waals surface area (Å²) < 4.78 is 3.55. The number of aryl methyl sites for hydroxylation is 1. The summed E-state index contributed by atoms with van der Waals surface area (Å²) in [6, 6.07) is 5.38. The zero-order valence-corrected chi connectivity index (χ0v) is 21.8. The summed E-state index contributed by atoms with van der Waals surface area (Å²) in [6.45, 7) is 7.17. The third-order valence-electron chi connectivity index (χ3n) is 7.32. The monoisotopic (exact) mass is 503 g/mol. The SMILES string of the molecule is CCCC(=O)Nc1cc(-c2ccnc(N3CCn4c(cc5c4CC(C)(C)C5)C3=O)c2CO)cn(C)c1=O. The van der Waals surface area contributed by atoms with E-state index in [2.05, 4.69) is 28.7 Å². The van der Waals surface area contributed by atoms with Crippen LogP contribution in [0.15, 0.2) is 35.4 Å². The summed E-state index contributed by atoms with van der Waals surface area (Å²) in [4.78, 5) is 44.6. The van der Waals surface area contributed by atoms with Crippen molar-refractivity contribution in [3.63, 3.8) is 0 Å². The fourth-order valence-electron chi connectivity index (χ4n) is 5.64. The van der Waals surface area contributed by atoms with Crippen LogP contribution in [0.2, 0.25) is 0 Å². The molecule has 0 saturated heterocycles. The molecular weight excluding hydrogens is 470 g/mol. The normalized spacial score (nSPS) is 16.0. The second kappa shape index (κ2) is 9.30. The molecule has 2 amide bonds. The lowest BCUT2D eigenvalue weighted by atomic mass is 9.90. The molecule has 3 aromatic rings. The molecule has 9 nitrogen and oxygen atoms in total. The largest absolute Gasteiger partial charge is 0.392 e. The lowest BCUT2D eigenvalue weighted by molar-refractivity contribution is -0.116. The number of hydrogen-bond donors (Lipinski definition) is 2. The van der Waals surface area contributed by atoms with E-state index in [0.717, 1.165) is 12.8 Å². The molecule has 1 aliphatic carbocycles. The van der Waals surface area contributed by atoms with Crippen LogP contribution in [0.25, 0.3) is 11.1 Å². The van der Waals surface area contributed by atoms with Gasteiger partial charge in [-0.15, -0.1) is 0 Å². The minimum absolute atomic E-state index is 0.134. The van der Waals surface area contributed by atoms with Gasteiger partial charge in [-0.1, -0.05) is 20.8 Å². The van der Waals surface area contributed by atoms with E-state index in [-0.39, 0.29) is 35.1 Å². The molecule has 0 aromatic carbocycles. The molecule has 0 atom stereocenters. The molecule has 2 aliphatic rings. The lowest BCUT2D eigenvalue weighted by Crippen LogP contribution is -2.41. The Balaban J connectivity index is 1.52. The summed E-state index contributed by atoms with van der Waals surface area (Å²) in [5, 5.41) is 13.1. The van der Waals surface area contributed by atoms with E-state index in [4.69, 9.17) is 0 Å². The number of aliphatic hydroxyl groups excluding tert-OH is 1. The van der Waals surface area contributed by atoms with Crippen molar-refractivity contribution in [2.45, 2.75) is 59.6 Å². The number of aromatic nitrogens is 3. The molecule has 2 N–H and O–H groups in total. The fourth-order valence-corrected chi connectivity index (χ4v) is 5.64. The third kappa shape index (κ3) is 4.37. The van der Waals surface area contributed by atoms with Crippen LogP contribution in [0.5, 0.6) is 0 Å². The number of carbonyl (C=O) groups is 2. The molecule has 3 aromatic heterocycles. The highest BCUT2D eigenvalue weighted by Gasteiger charge is 2.37. The highest BCUT2D eigenvalue weighted by molar-refractivity contribution is 6.06. The highest BCUT2D eigenvalue weighted by Crippen LogP contribution is 2.40. The highest BCUT2D eigenvalue weighted by atomic mass is 16.3. The van der Waals surface area contributed by atoms with Gasteiger partial charge in [0.25, 0.3) is 11.5 Å². The van der Waals surface area contributed by atoms with Gasteiger partial charge in [0, 0.05) is 55.8 Å². The molecule has 5 rings (SSSR count). The van der Waals surface area contributed by atoms with Crippen LogP contribution in [-0.4, -0.2) is 37.6 Å². The van der Waals surface area contributed by atoms with Crippen molar-refractivity contribution in [2.75, 3.05) is 16.8 Å². The van der Waals surface area contributed by atoms with Crippen LogP contribution in [0.4, 0.5) is 11.5 Å². The van der Waals surface area contributed by atoms with Crippen molar-refractivity contribution in [3.8, 4) is 11.1 Å². The smallest absolute Gasteiger partial charge is 0.276 e. The van der Waals surface area contributed by atoms with Gasteiger partial charge < -0.3 is 19.6 Å². The standard InChI is InChI=1S/C28H33N5O4/c1-5-6-24(35)30-21-11-18(15-31(4)26(21)36)19-7-8-29-25(20(19)16-34)33-10-9-32-22(27(33)37)12-17-13-28(2,3)14-23(17)32/h7-8,11-12,15,34H,5-6,9-10,13-14,16H2,1-4H3,(H,30,35). The Morgan fingerprint density at radius 3 is 2.70 bits per heavy atom. The predicted octanol–water partition coefficient (Wildman–Crippen LogP) is 3.26. The average molecular weight is 504 g/mol. The second-order valence-corrected chi connectivity index (χ2v) is 10.8. The molecular formula is C28H33N5O4. The summed E-state index contributed by atoms with van der Waals surface area (Å²) >= 11 is 0. The number of rotatable bonds is 6. The Labute approximate surface area is 215 Å². The van der Waals surface area contributed by atoms with Gasteiger partial charge in [-0.2, -0.15) is 0 Å². The molecule has 194 valence electrons. The molecule has 1 aliphatic heterocycles. The van der Waals surface area contributed by atoms with E-state index < -0.39 is 0 Å². The number of nitrogens with zero attached hydrogens (tertiary/aromatic N) is 4. The van der Waals surface area contributed by atoms with Crippen molar-refractivity contribution in [2.24, 2.45) is 12.5 Å². The van der Waals surface area contributed by atoms with Crippen LogP contribution < -0.4 is 15.8 Å². The minimum atomic E-state index is -0.339. The van der Waals surface area contributed by atoms with Gasteiger partial charge in [0.05, 0.1) is 6.61 Å². The number of hydrogen-bond acceptors (Lipinski definition) is 5. The van der Waals surface area contributed by atoms with Gasteiger partial charge in [-0.3, -0.25) is 19.3 Å². The number of amides is 2. The van der Waals surface area contributed by atoms with Crippen molar-refractivity contribution >= 4 is 23.3 Å². The first-order valence-corrected chi connectivity index (χ1v) is 12.8. The molecule has 0 fully saturated rings. The second-order valence-electron chi connectivity index (χ2n) is 10.8. The zero-order chi connectivity index (χ0) is 26.5. The molecule has 4 heterocycles. The van der Waals surface area contributed by atoms with Gasteiger partial charge in [0.2, 0.25) is 5.91 Å². The van der Waals surface area contributed by atoms with Crippen LogP contribution in [0.1, 0.15) is 60.9 Å². The van der Waals surface area contributed by atoms with E-state index in [9.17, 15) is 19.5 Å². The van der Waals surface area contributed by atoms with Gasteiger partial charge >= 0.3 is 0 Å². The molecule has 9 heteroatoms. The maximum absolute atomic E-state index is 13.6. The van der Waals surface area contributed by atoms with E-state index in [1.165, 1.54) is 15.8 Å². The van der Waals surface area contributed by atoms with Crippen molar-refractivity contribution in [3.05, 3.63) is 63.5 Å². The van der Waals surface area contributed by atoms with E-state index in [1.54, 1.807) is 36.5 Å².